The van der Waals surface area contributed by atoms with Crippen LogP contribution in [0.15, 0.2) is 18.2 Å². The summed E-state index contributed by atoms with van der Waals surface area (Å²) in [5, 5.41) is 3.33. The summed E-state index contributed by atoms with van der Waals surface area (Å²) < 4.78 is 0. The fourth-order valence-corrected chi connectivity index (χ4v) is 3.64. The molecule has 1 N–H and O–H groups in total. The molecule has 2 aliphatic heterocycles. The van der Waals surface area contributed by atoms with Crippen molar-refractivity contribution in [2.24, 2.45) is 0 Å². The quantitative estimate of drug-likeness (QED) is 0.749. The van der Waals surface area contributed by atoms with Gasteiger partial charge in [0.1, 0.15) is 12.3 Å². The van der Waals surface area contributed by atoms with E-state index in [-0.39, 0.29) is 18.2 Å². The number of likely N-dealkylation sites (N-methyl/N-ethyl adjacent to an activating group) is 1. The van der Waals surface area contributed by atoms with Crippen LogP contribution >= 0.6 is 0 Å². The molecule has 1 atom stereocenters. The molecule has 7 nitrogen and oxygen atoms in total. The topological polar surface area (TPSA) is 73.0 Å². The molecule has 0 aliphatic carbocycles. The van der Waals surface area contributed by atoms with Crippen LogP contribution in [0.2, 0.25) is 0 Å². The van der Waals surface area contributed by atoms with Crippen molar-refractivity contribution in [1.29, 1.82) is 0 Å². The van der Waals surface area contributed by atoms with Gasteiger partial charge in [0.2, 0.25) is 5.91 Å². The first-order chi connectivity index (χ1) is 12.5. The molecule has 1 aromatic carbocycles. The normalized spacial score (nSPS) is 17.8. The van der Waals surface area contributed by atoms with Crippen LogP contribution in [0, 0.1) is 0 Å². The highest BCUT2D eigenvalue weighted by molar-refractivity contribution is 6.01. The predicted octanol–water partition coefficient (Wildman–Crippen LogP) is 0.488. The Kier molecular flexibility index (Phi) is 5.56. The average molecular weight is 358 g/mol. The van der Waals surface area contributed by atoms with Crippen molar-refractivity contribution in [3.05, 3.63) is 29.3 Å². The Bertz CT molecular complexity index is 698. The Morgan fingerprint density at radius 2 is 2.04 bits per heavy atom. The summed E-state index contributed by atoms with van der Waals surface area (Å²) in [5.74, 6) is -0.270. The van der Waals surface area contributed by atoms with E-state index in [9.17, 15) is 14.4 Å². The largest absolute Gasteiger partial charge is 0.369 e. The molecule has 26 heavy (non-hydrogen) atoms. The number of amides is 2. The minimum Gasteiger partial charge on any atom is -0.369 e. The molecule has 1 unspecified atom stereocenters. The summed E-state index contributed by atoms with van der Waals surface area (Å²) in [6.45, 7) is 4.20. The standard InChI is InChI=1S/C19H26N4O3/c1-21(2)19(26)17(4-3-11-24)23-13-14-12-15(5-6-16(14)18(23)25)22-9-7-20-8-10-22/h5-6,11-12,17,20H,3-4,7-10,13H2,1-2H3. The van der Waals surface area contributed by atoms with Crippen LogP contribution in [-0.4, -0.2) is 74.2 Å². The van der Waals surface area contributed by atoms with Crippen molar-refractivity contribution in [1.82, 2.24) is 15.1 Å². The van der Waals surface area contributed by atoms with Gasteiger partial charge in [-0.3, -0.25) is 9.59 Å². The highest BCUT2D eigenvalue weighted by atomic mass is 16.2. The van der Waals surface area contributed by atoms with E-state index >= 15 is 0 Å². The van der Waals surface area contributed by atoms with Crippen molar-refractivity contribution in [3.8, 4) is 0 Å². The van der Waals surface area contributed by atoms with E-state index in [4.69, 9.17) is 0 Å². The van der Waals surface area contributed by atoms with Gasteiger partial charge in [-0.1, -0.05) is 0 Å². The molecule has 3 rings (SSSR count). The van der Waals surface area contributed by atoms with Crippen LogP contribution in [0.3, 0.4) is 0 Å². The maximum atomic E-state index is 12.9. The Hall–Kier alpha value is -2.41. The molecule has 0 bridgehead atoms. The third kappa shape index (κ3) is 3.58. The summed E-state index contributed by atoms with van der Waals surface area (Å²) in [7, 11) is 3.35. The van der Waals surface area contributed by atoms with Crippen molar-refractivity contribution in [2.75, 3.05) is 45.2 Å². The molecule has 2 amide bonds. The first-order valence-electron chi connectivity index (χ1n) is 9.07. The Morgan fingerprint density at radius 1 is 1.31 bits per heavy atom. The van der Waals surface area contributed by atoms with E-state index in [1.165, 1.54) is 4.90 Å². The third-order valence-corrected chi connectivity index (χ3v) is 5.06. The summed E-state index contributed by atoms with van der Waals surface area (Å²) in [6, 6.07) is 5.32. The first-order valence-corrected chi connectivity index (χ1v) is 9.07. The van der Waals surface area contributed by atoms with Gasteiger partial charge in [0.25, 0.3) is 5.91 Å². The molecule has 0 aromatic heterocycles. The fourth-order valence-electron chi connectivity index (χ4n) is 3.64. The first kappa shape index (κ1) is 18.4. The second-order valence-corrected chi connectivity index (χ2v) is 7.00. The minimum atomic E-state index is -0.599. The molecule has 0 spiro atoms. The van der Waals surface area contributed by atoms with Gasteiger partial charge < -0.3 is 24.8 Å². The van der Waals surface area contributed by atoms with Crippen molar-refractivity contribution >= 4 is 23.8 Å². The van der Waals surface area contributed by atoms with Gasteiger partial charge in [-0.05, 0) is 30.2 Å². The zero-order chi connectivity index (χ0) is 18.7. The number of benzene rings is 1. The SMILES string of the molecule is CN(C)C(=O)C(CCC=O)N1Cc2cc(N3CCNCC3)ccc2C1=O. The number of hydrogen-bond acceptors (Lipinski definition) is 5. The van der Waals surface area contributed by atoms with Gasteiger partial charge >= 0.3 is 0 Å². The lowest BCUT2D eigenvalue weighted by Gasteiger charge is -2.29. The molecule has 7 heteroatoms. The van der Waals surface area contributed by atoms with Crippen LogP contribution in [0.1, 0.15) is 28.8 Å². The number of nitrogens with zero attached hydrogens (tertiary/aromatic N) is 3. The molecule has 2 heterocycles. The smallest absolute Gasteiger partial charge is 0.255 e. The van der Waals surface area contributed by atoms with Gasteiger partial charge in [-0.15, -0.1) is 0 Å². The average Bonchev–Trinajstić information content (AvgIpc) is 2.98. The van der Waals surface area contributed by atoms with E-state index in [1.54, 1.807) is 19.0 Å². The molecule has 0 saturated carbocycles. The highest BCUT2D eigenvalue weighted by Crippen LogP contribution is 2.30. The lowest BCUT2D eigenvalue weighted by atomic mass is 10.1. The molecule has 1 aromatic rings. The highest BCUT2D eigenvalue weighted by Gasteiger charge is 2.37. The maximum Gasteiger partial charge on any atom is 0.255 e. The number of nitrogens with one attached hydrogen (secondary N) is 1. The second kappa shape index (κ2) is 7.86. The van der Waals surface area contributed by atoms with Crippen molar-refractivity contribution in [2.45, 2.75) is 25.4 Å². The number of aldehydes is 1. The zero-order valence-corrected chi connectivity index (χ0v) is 15.4. The second-order valence-electron chi connectivity index (χ2n) is 7.00. The Balaban J connectivity index is 1.82. The number of piperazine rings is 1. The van der Waals surface area contributed by atoms with Crippen LogP contribution in [0.4, 0.5) is 5.69 Å². The lowest BCUT2D eigenvalue weighted by Crippen LogP contribution is -2.46. The van der Waals surface area contributed by atoms with E-state index in [1.807, 2.05) is 12.1 Å². The molecular formula is C19H26N4O3. The van der Waals surface area contributed by atoms with Crippen LogP contribution in [0.25, 0.3) is 0 Å². The van der Waals surface area contributed by atoms with Gasteiger partial charge in [-0.2, -0.15) is 0 Å². The Morgan fingerprint density at radius 3 is 2.69 bits per heavy atom. The monoisotopic (exact) mass is 358 g/mol. The maximum absolute atomic E-state index is 12.9. The van der Waals surface area contributed by atoms with Crippen molar-refractivity contribution < 1.29 is 14.4 Å². The molecule has 1 saturated heterocycles. The van der Waals surface area contributed by atoms with Crippen LogP contribution in [-0.2, 0) is 16.1 Å². The molecule has 1 fully saturated rings. The van der Waals surface area contributed by atoms with Gasteiger partial charge in [0.05, 0.1) is 0 Å². The Labute approximate surface area is 153 Å². The number of anilines is 1. The zero-order valence-electron chi connectivity index (χ0n) is 15.4. The molecule has 140 valence electrons. The number of carbonyl (C=O) groups is 3. The van der Waals surface area contributed by atoms with Crippen LogP contribution in [0.5, 0.6) is 0 Å². The van der Waals surface area contributed by atoms with E-state index in [2.05, 4.69) is 16.3 Å². The number of fused-ring (bicyclic) bond motifs is 1. The lowest BCUT2D eigenvalue weighted by molar-refractivity contribution is -0.134. The van der Waals surface area contributed by atoms with Gasteiger partial charge in [-0.25, -0.2) is 0 Å². The molecule has 2 aliphatic rings. The number of hydrogen-bond donors (Lipinski definition) is 1. The van der Waals surface area contributed by atoms with Gasteiger partial charge in [0.15, 0.2) is 0 Å². The molecular weight excluding hydrogens is 332 g/mol. The van der Waals surface area contributed by atoms with E-state index < -0.39 is 6.04 Å². The van der Waals surface area contributed by atoms with Crippen molar-refractivity contribution in [3.63, 3.8) is 0 Å². The van der Waals surface area contributed by atoms with Gasteiger partial charge in [0, 0.05) is 64.5 Å². The predicted molar refractivity (Wildman–Crippen MR) is 99.2 cm³/mol. The summed E-state index contributed by atoms with van der Waals surface area (Å²) in [6.07, 6.45) is 1.41. The number of carbonyl (C=O) groups excluding carboxylic acids is 3. The van der Waals surface area contributed by atoms with Crippen LogP contribution < -0.4 is 10.2 Å². The summed E-state index contributed by atoms with van der Waals surface area (Å²) in [5.41, 5.74) is 2.73. The van der Waals surface area contributed by atoms with E-state index in [0.29, 0.717) is 18.5 Å². The summed E-state index contributed by atoms with van der Waals surface area (Å²) >= 11 is 0. The minimum absolute atomic E-state index is 0.127. The number of rotatable bonds is 6. The molecule has 0 radical (unpaired) electrons. The fraction of sp³-hybridized carbons (Fsp3) is 0.526. The van der Waals surface area contributed by atoms with E-state index in [0.717, 1.165) is 43.7 Å². The summed E-state index contributed by atoms with van der Waals surface area (Å²) in [4.78, 5) is 41.6. The third-order valence-electron chi connectivity index (χ3n) is 5.06.